The molecule has 0 radical (unpaired) electrons. The van der Waals surface area contributed by atoms with Crippen LogP contribution in [0.5, 0.6) is 0 Å². The number of aromatic amines is 1. The van der Waals surface area contributed by atoms with Crippen molar-refractivity contribution in [1.82, 2.24) is 10.4 Å². The summed E-state index contributed by atoms with van der Waals surface area (Å²) < 4.78 is 0. The van der Waals surface area contributed by atoms with E-state index in [0.717, 1.165) is 22.2 Å². The van der Waals surface area contributed by atoms with E-state index < -0.39 is 0 Å². The van der Waals surface area contributed by atoms with Gasteiger partial charge in [0.1, 0.15) is 0 Å². The summed E-state index contributed by atoms with van der Waals surface area (Å²) in [5.74, 6) is -0.235. The summed E-state index contributed by atoms with van der Waals surface area (Å²) in [5.41, 5.74) is 5.23. The normalized spacial score (nSPS) is 11.0. The molecule has 0 aliphatic rings. The molecule has 2 aromatic carbocycles. The zero-order valence-electron chi connectivity index (χ0n) is 12.2. The highest BCUT2D eigenvalue weighted by Crippen LogP contribution is 2.16. The molecule has 116 valence electrons. The zero-order valence-corrected chi connectivity index (χ0v) is 13.0. The van der Waals surface area contributed by atoms with E-state index in [-0.39, 0.29) is 12.5 Å². The Labute approximate surface area is 138 Å². The first-order chi connectivity index (χ1) is 11.2. The Kier molecular flexibility index (Phi) is 4.59. The Morgan fingerprint density at radius 3 is 2.96 bits per heavy atom. The number of hydrogen-bond donors (Lipinski definition) is 3. The van der Waals surface area contributed by atoms with Crippen molar-refractivity contribution in [3.63, 3.8) is 0 Å². The van der Waals surface area contributed by atoms with Crippen LogP contribution in [0, 0.1) is 0 Å². The van der Waals surface area contributed by atoms with Gasteiger partial charge in [0.25, 0.3) is 5.91 Å². The summed E-state index contributed by atoms with van der Waals surface area (Å²) in [6.07, 6.45) is 3.47. The van der Waals surface area contributed by atoms with Crippen molar-refractivity contribution in [3.8, 4) is 0 Å². The number of hydrogen-bond acceptors (Lipinski definition) is 3. The van der Waals surface area contributed by atoms with Gasteiger partial charge >= 0.3 is 0 Å². The molecule has 6 heteroatoms. The zero-order chi connectivity index (χ0) is 16.1. The molecular formula is C17H15ClN4O. The molecule has 23 heavy (non-hydrogen) atoms. The topological polar surface area (TPSA) is 69.3 Å². The predicted molar refractivity (Wildman–Crippen MR) is 94.0 cm³/mol. The molecular weight excluding hydrogens is 312 g/mol. The van der Waals surface area contributed by atoms with Crippen molar-refractivity contribution < 1.29 is 4.79 Å². The molecule has 3 N–H and O–H groups in total. The molecule has 1 aromatic heterocycles. The minimum Gasteiger partial charge on any atom is -0.376 e. The van der Waals surface area contributed by atoms with Crippen LogP contribution >= 0.6 is 11.6 Å². The first-order valence-corrected chi connectivity index (χ1v) is 7.47. The monoisotopic (exact) mass is 326 g/mol. The van der Waals surface area contributed by atoms with E-state index in [2.05, 4.69) is 20.8 Å². The number of para-hydroxylation sites is 1. The number of aromatic nitrogens is 1. The highest BCUT2D eigenvalue weighted by atomic mass is 35.5. The Morgan fingerprint density at radius 2 is 2.09 bits per heavy atom. The van der Waals surface area contributed by atoms with Crippen LogP contribution in [0.3, 0.4) is 0 Å². The Balaban J connectivity index is 1.54. The Bertz CT molecular complexity index is 856. The summed E-state index contributed by atoms with van der Waals surface area (Å²) in [6.45, 7) is 0.117. The van der Waals surface area contributed by atoms with Gasteiger partial charge in [-0.15, -0.1) is 0 Å². The second kappa shape index (κ2) is 6.98. The number of anilines is 1. The third-order valence-corrected chi connectivity index (χ3v) is 3.53. The van der Waals surface area contributed by atoms with Crippen molar-refractivity contribution in [3.05, 3.63) is 65.3 Å². The van der Waals surface area contributed by atoms with Crippen LogP contribution in [0.4, 0.5) is 5.69 Å². The number of fused-ring (bicyclic) bond motifs is 1. The maximum Gasteiger partial charge on any atom is 0.259 e. The molecule has 0 aliphatic carbocycles. The lowest BCUT2D eigenvalue weighted by Gasteiger charge is -2.05. The van der Waals surface area contributed by atoms with E-state index in [0.29, 0.717) is 5.02 Å². The van der Waals surface area contributed by atoms with Crippen LogP contribution in [0.25, 0.3) is 10.9 Å². The maximum absolute atomic E-state index is 11.8. The summed E-state index contributed by atoms with van der Waals surface area (Å²) >= 11 is 5.88. The molecule has 1 amide bonds. The number of nitrogens with one attached hydrogen (secondary N) is 3. The fraction of sp³-hybridized carbons (Fsp3) is 0.0588. The third kappa shape index (κ3) is 3.90. The van der Waals surface area contributed by atoms with Gasteiger partial charge in [-0.1, -0.05) is 35.9 Å². The lowest BCUT2D eigenvalue weighted by molar-refractivity contribution is -0.119. The quantitative estimate of drug-likeness (QED) is 0.497. The first-order valence-electron chi connectivity index (χ1n) is 7.10. The molecule has 0 fully saturated rings. The number of rotatable bonds is 5. The fourth-order valence-corrected chi connectivity index (χ4v) is 2.39. The van der Waals surface area contributed by atoms with Crippen LogP contribution in [0.15, 0.2) is 59.8 Å². The van der Waals surface area contributed by atoms with Crippen molar-refractivity contribution in [2.24, 2.45) is 5.10 Å². The van der Waals surface area contributed by atoms with Gasteiger partial charge in [0, 0.05) is 33.4 Å². The van der Waals surface area contributed by atoms with Crippen LogP contribution in [0.2, 0.25) is 5.02 Å². The van der Waals surface area contributed by atoms with E-state index in [1.54, 1.807) is 18.3 Å². The lowest BCUT2D eigenvalue weighted by Crippen LogP contribution is -2.25. The fourth-order valence-electron chi connectivity index (χ4n) is 2.19. The molecule has 0 unspecified atom stereocenters. The standard InChI is InChI=1S/C17H15ClN4O/c18-13-4-3-5-14(8-13)19-11-17(23)22-21-10-12-9-20-16-7-2-1-6-15(12)16/h1-10,19-20H,11H2,(H,22,23). The van der Waals surface area contributed by atoms with Crippen molar-refractivity contribution >= 4 is 40.3 Å². The maximum atomic E-state index is 11.8. The summed E-state index contributed by atoms with van der Waals surface area (Å²) in [4.78, 5) is 14.9. The number of amides is 1. The smallest absolute Gasteiger partial charge is 0.259 e. The molecule has 5 nitrogen and oxygen atoms in total. The number of hydrazone groups is 1. The SMILES string of the molecule is O=C(CNc1cccc(Cl)c1)NN=Cc1c[nH]c2ccccc12. The van der Waals surface area contributed by atoms with Gasteiger partial charge in [-0.05, 0) is 24.3 Å². The Morgan fingerprint density at radius 1 is 1.22 bits per heavy atom. The molecule has 3 aromatic rings. The second-order valence-corrected chi connectivity index (χ2v) is 5.38. The summed E-state index contributed by atoms with van der Waals surface area (Å²) in [7, 11) is 0. The van der Waals surface area contributed by atoms with Gasteiger partial charge in [0.05, 0.1) is 12.8 Å². The van der Waals surface area contributed by atoms with Gasteiger partial charge in [-0.2, -0.15) is 5.10 Å². The van der Waals surface area contributed by atoms with Gasteiger partial charge < -0.3 is 10.3 Å². The Hall–Kier alpha value is -2.79. The van der Waals surface area contributed by atoms with Crippen LogP contribution in [-0.4, -0.2) is 23.7 Å². The highest BCUT2D eigenvalue weighted by molar-refractivity contribution is 6.30. The molecule has 1 heterocycles. The number of carbonyl (C=O) groups excluding carboxylic acids is 1. The van der Waals surface area contributed by atoms with E-state index in [1.807, 2.05) is 42.6 Å². The van der Waals surface area contributed by atoms with E-state index in [9.17, 15) is 4.79 Å². The second-order valence-electron chi connectivity index (χ2n) is 4.95. The van der Waals surface area contributed by atoms with Gasteiger partial charge in [-0.25, -0.2) is 5.43 Å². The summed E-state index contributed by atoms with van der Waals surface area (Å²) in [5, 5.41) is 8.64. The average molecular weight is 327 g/mol. The predicted octanol–water partition coefficient (Wildman–Crippen LogP) is 3.38. The first kappa shape index (κ1) is 15.1. The van der Waals surface area contributed by atoms with Gasteiger partial charge in [-0.3, -0.25) is 4.79 Å². The van der Waals surface area contributed by atoms with Gasteiger partial charge in [0.2, 0.25) is 0 Å². The molecule has 0 aliphatic heterocycles. The molecule has 0 saturated carbocycles. The molecule has 0 atom stereocenters. The number of carbonyl (C=O) groups is 1. The number of H-pyrrole nitrogens is 1. The number of benzene rings is 2. The van der Waals surface area contributed by atoms with Crippen molar-refractivity contribution in [2.45, 2.75) is 0 Å². The molecule has 3 rings (SSSR count). The summed E-state index contributed by atoms with van der Waals surface area (Å²) in [6, 6.07) is 15.1. The average Bonchev–Trinajstić information content (AvgIpc) is 2.97. The minimum atomic E-state index is -0.235. The van der Waals surface area contributed by atoms with E-state index >= 15 is 0 Å². The van der Waals surface area contributed by atoms with Crippen molar-refractivity contribution in [1.29, 1.82) is 0 Å². The van der Waals surface area contributed by atoms with Crippen molar-refractivity contribution in [2.75, 3.05) is 11.9 Å². The highest BCUT2D eigenvalue weighted by Gasteiger charge is 2.02. The number of nitrogens with zero attached hydrogens (tertiary/aromatic N) is 1. The van der Waals surface area contributed by atoms with E-state index in [4.69, 9.17) is 11.6 Å². The van der Waals surface area contributed by atoms with Gasteiger partial charge in [0.15, 0.2) is 0 Å². The molecule has 0 saturated heterocycles. The largest absolute Gasteiger partial charge is 0.376 e. The van der Waals surface area contributed by atoms with Crippen LogP contribution in [0.1, 0.15) is 5.56 Å². The number of halogens is 1. The lowest BCUT2D eigenvalue weighted by atomic mass is 10.2. The molecule has 0 bridgehead atoms. The minimum absolute atomic E-state index is 0.117. The van der Waals surface area contributed by atoms with Crippen LogP contribution in [-0.2, 0) is 4.79 Å². The molecule has 0 spiro atoms. The van der Waals surface area contributed by atoms with Crippen LogP contribution < -0.4 is 10.7 Å². The van der Waals surface area contributed by atoms with E-state index in [1.165, 1.54) is 0 Å². The third-order valence-electron chi connectivity index (χ3n) is 3.29.